The van der Waals surface area contributed by atoms with Crippen molar-refractivity contribution in [2.45, 2.75) is 62.3 Å². The first-order chi connectivity index (χ1) is 13.4. The number of benzene rings is 1. The largest absolute Gasteiger partial charge is 0.338 e. The molecule has 1 saturated carbocycles. The molecule has 1 aromatic rings. The number of nitrogens with zero attached hydrogens (tertiary/aromatic N) is 1. The third-order valence-corrected chi connectivity index (χ3v) is 7.57. The summed E-state index contributed by atoms with van der Waals surface area (Å²) in [7, 11) is -3.62. The minimum atomic E-state index is -3.62. The van der Waals surface area contributed by atoms with Gasteiger partial charge in [0, 0.05) is 25.7 Å². The molecule has 156 valence electrons. The molecule has 28 heavy (non-hydrogen) atoms. The number of carbonyl (C=O) groups is 1. The van der Waals surface area contributed by atoms with Crippen LogP contribution in [0.15, 0.2) is 29.2 Å². The molecule has 6 nitrogen and oxygen atoms in total. The Balaban J connectivity index is 1.45. The van der Waals surface area contributed by atoms with E-state index in [9.17, 15) is 17.6 Å². The number of carbonyl (C=O) groups excluding carboxylic acids is 1. The molecule has 2 amide bonds. The lowest BCUT2D eigenvalue weighted by Gasteiger charge is -2.22. The van der Waals surface area contributed by atoms with Crippen LogP contribution in [-0.2, 0) is 10.0 Å². The van der Waals surface area contributed by atoms with Gasteiger partial charge in [-0.3, -0.25) is 0 Å². The third-order valence-electron chi connectivity index (χ3n) is 5.69. The van der Waals surface area contributed by atoms with Crippen LogP contribution in [0.1, 0.15) is 51.4 Å². The van der Waals surface area contributed by atoms with E-state index in [1.165, 1.54) is 35.7 Å². The number of urea groups is 1. The molecule has 1 aromatic carbocycles. The van der Waals surface area contributed by atoms with Gasteiger partial charge in [0.2, 0.25) is 10.0 Å². The number of hydrogen-bond donors (Lipinski definition) is 2. The van der Waals surface area contributed by atoms with Crippen LogP contribution in [0.4, 0.5) is 9.18 Å². The summed E-state index contributed by atoms with van der Waals surface area (Å²) in [6.07, 6.45) is 8.83. The molecule has 2 fully saturated rings. The summed E-state index contributed by atoms with van der Waals surface area (Å²) in [6, 6.07) is 4.96. The Morgan fingerprint density at radius 1 is 1.04 bits per heavy atom. The lowest BCUT2D eigenvalue weighted by Crippen LogP contribution is -2.44. The van der Waals surface area contributed by atoms with Crippen LogP contribution in [0.5, 0.6) is 0 Å². The van der Waals surface area contributed by atoms with Gasteiger partial charge in [-0.2, -0.15) is 4.31 Å². The van der Waals surface area contributed by atoms with Crippen molar-refractivity contribution >= 4 is 16.1 Å². The second-order valence-corrected chi connectivity index (χ2v) is 9.81. The van der Waals surface area contributed by atoms with Crippen molar-refractivity contribution in [1.82, 2.24) is 14.9 Å². The van der Waals surface area contributed by atoms with E-state index < -0.39 is 15.8 Å². The smallest absolute Gasteiger partial charge is 0.315 e. The molecule has 2 aliphatic rings. The second-order valence-electron chi connectivity index (χ2n) is 7.87. The fourth-order valence-electron chi connectivity index (χ4n) is 4.01. The van der Waals surface area contributed by atoms with Crippen molar-refractivity contribution in [1.29, 1.82) is 0 Å². The van der Waals surface area contributed by atoms with E-state index in [2.05, 4.69) is 10.6 Å². The number of rotatable bonds is 5. The summed E-state index contributed by atoms with van der Waals surface area (Å²) >= 11 is 0. The highest BCUT2D eigenvalue weighted by Crippen LogP contribution is 2.24. The predicted molar refractivity (Wildman–Crippen MR) is 106 cm³/mol. The fraction of sp³-hybridized carbons (Fsp3) is 0.650. The molecular formula is C20H30FN3O3S. The van der Waals surface area contributed by atoms with E-state index in [0.717, 1.165) is 37.8 Å². The minimum absolute atomic E-state index is 0.0818. The molecule has 0 radical (unpaired) electrons. The summed E-state index contributed by atoms with van der Waals surface area (Å²) in [4.78, 5) is 12.3. The van der Waals surface area contributed by atoms with Gasteiger partial charge in [0.1, 0.15) is 5.82 Å². The van der Waals surface area contributed by atoms with Gasteiger partial charge in [-0.25, -0.2) is 17.6 Å². The standard InChI is InChI=1S/C20H30FN3O3S/c21-17-8-10-19(11-9-17)28(26,27)24-13-12-16(15-24)14-22-20(25)23-18-6-4-2-1-3-5-7-18/h8-11,16,18H,1-7,12-15H2,(H2,22,23,25). The van der Waals surface area contributed by atoms with Crippen LogP contribution in [0, 0.1) is 11.7 Å². The SMILES string of the molecule is O=C(NCC1CCN(S(=O)(=O)c2ccc(F)cc2)C1)NC1CCCCCCC1. The molecule has 3 rings (SSSR count). The van der Waals surface area contributed by atoms with Gasteiger partial charge >= 0.3 is 6.03 Å². The second kappa shape index (κ2) is 9.69. The zero-order chi connectivity index (χ0) is 20.0. The Bertz CT molecular complexity index is 746. The first kappa shape index (κ1) is 21.0. The van der Waals surface area contributed by atoms with Crippen LogP contribution >= 0.6 is 0 Å². The zero-order valence-corrected chi connectivity index (χ0v) is 17.0. The van der Waals surface area contributed by atoms with E-state index in [-0.39, 0.29) is 22.9 Å². The van der Waals surface area contributed by atoms with Gasteiger partial charge in [-0.1, -0.05) is 32.1 Å². The average Bonchev–Trinajstić information content (AvgIpc) is 3.12. The van der Waals surface area contributed by atoms with Crippen molar-refractivity contribution in [3.63, 3.8) is 0 Å². The molecule has 0 aromatic heterocycles. The zero-order valence-electron chi connectivity index (χ0n) is 16.2. The number of sulfonamides is 1. The molecule has 1 heterocycles. The molecule has 1 unspecified atom stereocenters. The monoisotopic (exact) mass is 411 g/mol. The van der Waals surface area contributed by atoms with Crippen molar-refractivity contribution in [2.24, 2.45) is 5.92 Å². The van der Waals surface area contributed by atoms with Crippen molar-refractivity contribution in [3.8, 4) is 0 Å². The predicted octanol–water partition coefficient (Wildman–Crippen LogP) is 3.25. The van der Waals surface area contributed by atoms with Crippen LogP contribution in [0.25, 0.3) is 0 Å². The fourth-order valence-corrected chi connectivity index (χ4v) is 5.54. The van der Waals surface area contributed by atoms with Gasteiger partial charge in [0.25, 0.3) is 0 Å². The molecule has 1 aliphatic heterocycles. The minimum Gasteiger partial charge on any atom is -0.338 e. The lowest BCUT2D eigenvalue weighted by atomic mass is 9.97. The van der Waals surface area contributed by atoms with E-state index in [4.69, 9.17) is 0 Å². The maximum atomic E-state index is 13.0. The molecule has 2 N–H and O–H groups in total. The Morgan fingerprint density at radius 3 is 2.36 bits per heavy atom. The summed E-state index contributed by atoms with van der Waals surface area (Å²) < 4.78 is 39.8. The maximum absolute atomic E-state index is 13.0. The summed E-state index contributed by atoms with van der Waals surface area (Å²) in [5.41, 5.74) is 0. The Kier molecular flexibility index (Phi) is 7.29. The highest BCUT2D eigenvalue weighted by atomic mass is 32.2. The van der Waals surface area contributed by atoms with Crippen LogP contribution in [0.3, 0.4) is 0 Å². The van der Waals surface area contributed by atoms with E-state index in [0.29, 0.717) is 26.1 Å². The molecule has 0 spiro atoms. The summed E-state index contributed by atoms with van der Waals surface area (Å²) in [5, 5.41) is 5.97. The summed E-state index contributed by atoms with van der Waals surface area (Å²) in [6.45, 7) is 1.23. The van der Waals surface area contributed by atoms with Crippen LogP contribution in [-0.4, -0.2) is 44.4 Å². The highest BCUT2D eigenvalue weighted by molar-refractivity contribution is 7.89. The van der Waals surface area contributed by atoms with Crippen molar-refractivity contribution in [2.75, 3.05) is 19.6 Å². The van der Waals surface area contributed by atoms with Gasteiger partial charge in [-0.15, -0.1) is 0 Å². The first-order valence-electron chi connectivity index (χ1n) is 10.3. The van der Waals surface area contributed by atoms with Crippen LogP contribution in [0.2, 0.25) is 0 Å². The van der Waals surface area contributed by atoms with Crippen molar-refractivity contribution in [3.05, 3.63) is 30.1 Å². The Labute approximate surface area is 166 Å². The van der Waals surface area contributed by atoms with Gasteiger partial charge in [-0.05, 0) is 49.4 Å². The molecular weight excluding hydrogens is 381 g/mol. The van der Waals surface area contributed by atoms with Gasteiger partial charge < -0.3 is 10.6 Å². The Hall–Kier alpha value is -1.67. The first-order valence-corrected chi connectivity index (χ1v) is 11.7. The number of halogens is 1. The molecule has 1 saturated heterocycles. The lowest BCUT2D eigenvalue weighted by molar-refractivity contribution is 0.232. The van der Waals surface area contributed by atoms with E-state index in [1.807, 2.05) is 0 Å². The highest BCUT2D eigenvalue weighted by Gasteiger charge is 2.32. The summed E-state index contributed by atoms with van der Waals surface area (Å²) in [5.74, 6) is -0.379. The third kappa shape index (κ3) is 5.67. The van der Waals surface area contributed by atoms with Gasteiger partial charge in [0.15, 0.2) is 0 Å². The number of nitrogens with one attached hydrogen (secondary N) is 2. The number of hydrogen-bond acceptors (Lipinski definition) is 3. The maximum Gasteiger partial charge on any atom is 0.315 e. The molecule has 1 atom stereocenters. The average molecular weight is 412 g/mol. The molecule has 8 heteroatoms. The van der Waals surface area contributed by atoms with Crippen LogP contribution < -0.4 is 10.6 Å². The molecule has 1 aliphatic carbocycles. The van der Waals surface area contributed by atoms with E-state index >= 15 is 0 Å². The van der Waals surface area contributed by atoms with E-state index in [1.54, 1.807) is 0 Å². The Morgan fingerprint density at radius 2 is 1.68 bits per heavy atom. The quantitative estimate of drug-likeness (QED) is 0.781. The topological polar surface area (TPSA) is 78.5 Å². The van der Waals surface area contributed by atoms with Crippen molar-refractivity contribution < 1.29 is 17.6 Å². The number of amides is 2. The van der Waals surface area contributed by atoms with Gasteiger partial charge in [0.05, 0.1) is 4.90 Å². The molecule has 0 bridgehead atoms. The normalized spacial score (nSPS) is 22.4.